The fourth-order valence-electron chi connectivity index (χ4n) is 3.09. The summed E-state index contributed by atoms with van der Waals surface area (Å²) in [5, 5.41) is 6.33. The summed E-state index contributed by atoms with van der Waals surface area (Å²) in [4.78, 5) is 25.1. The average Bonchev–Trinajstić information content (AvgIpc) is 2.54. The number of rotatable bonds is 5. The van der Waals surface area contributed by atoms with Crippen LogP contribution >= 0.6 is 11.6 Å². The zero-order chi connectivity index (χ0) is 17.7. The van der Waals surface area contributed by atoms with Crippen LogP contribution in [0.15, 0.2) is 24.3 Å². The topological polar surface area (TPSA) is 58.2 Å². The number of amides is 2. The summed E-state index contributed by atoms with van der Waals surface area (Å²) in [5.74, 6) is 0.314. The zero-order valence-electron chi connectivity index (χ0n) is 14.6. The number of nitrogens with one attached hydrogen (secondary N) is 2. The fraction of sp³-hybridized carbons (Fsp3) is 0.579. The van der Waals surface area contributed by atoms with Crippen LogP contribution in [0, 0.1) is 11.8 Å². The van der Waals surface area contributed by atoms with Gasteiger partial charge in [0.05, 0.1) is 10.6 Å². The summed E-state index contributed by atoms with van der Waals surface area (Å²) in [7, 11) is 0. The maximum absolute atomic E-state index is 12.6. The Morgan fingerprint density at radius 3 is 2.33 bits per heavy atom. The van der Waals surface area contributed by atoms with Crippen molar-refractivity contribution in [1.82, 2.24) is 10.6 Å². The van der Waals surface area contributed by atoms with Crippen molar-refractivity contribution in [2.24, 2.45) is 11.8 Å². The van der Waals surface area contributed by atoms with Crippen LogP contribution in [-0.4, -0.2) is 23.9 Å². The highest BCUT2D eigenvalue weighted by atomic mass is 35.5. The van der Waals surface area contributed by atoms with Crippen LogP contribution in [0.1, 0.15) is 56.8 Å². The first-order valence-corrected chi connectivity index (χ1v) is 9.12. The molecule has 24 heavy (non-hydrogen) atoms. The molecule has 0 aromatic heterocycles. The second kappa shape index (κ2) is 8.52. The number of carbonyl (C=O) groups is 2. The molecule has 1 aromatic rings. The van der Waals surface area contributed by atoms with Crippen molar-refractivity contribution in [3.05, 3.63) is 34.9 Å². The standard InChI is InChI=1S/C19H27ClN2O2/c1-12(2)17(19(24)21-14-10-8-13(3)9-11-14)22-18(23)15-6-4-5-7-16(15)20/h4-7,12-14,17H,8-11H2,1-3H3,(H,21,24)(H,22,23)/t13?,14?,17-/m0/s1. The Bertz CT molecular complexity index is 580. The predicted octanol–water partition coefficient (Wildman–Crippen LogP) is 3.79. The van der Waals surface area contributed by atoms with Crippen molar-refractivity contribution in [2.45, 2.75) is 58.5 Å². The van der Waals surface area contributed by atoms with Crippen molar-refractivity contribution in [2.75, 3.05) is 0 Å². The van der Waals surface area contributed by atoms with Gasteiger partial charge in [0.1, 0.15) is 6.04 Å². The molecule has 0 aliphatic heterocycles. The Morgan fingerprint density at radius 1 is 1.12 bits per heavy atom. The molecule has 5 heteroatoms. The quantitative estimate of drug-likeness (QED) is 0.848. The van der Waals surface area contributed by atoms with E-state index in [-0.39, 0.29) is 23.8 Å². The van der Waals surface area contributed by atoms with Crippen LogP contribution in [0.4, 0.5) is 0 Å². The molecule has 1 aliphatic rings. The van der Waals surface area contributed by atoms with Gasteiger partial charge in [-0.1, -0.05) is 44.5 Å². The van der Waals surface area contributed by atoms with Crippen molar-refractivity contribution in [1.29, 1.82) is 0 Å². The summed E-state index contributed by atoms with van der Waals surface area (Å²) in [5.41, 5.74) is 0.393. The minimum atomic E-state index is -0.562. The number of benzene rings is 1. The summed E-state index contributed by atoms with van der Waals surface area (Å²) >= 11 is 6.07. The first-order valence-electron chi connectivity index (χ1n) is 8.74. The van der Waals surface area contributed by atoms with E-state index < -0.39 is 6.04 Å². The molecule has 1 aromatic carbocycles. The van der Waals surface area contributed by atoms with E-state index >= 15 is 0 Å². The largest absolute Gasteiger partial charge is 0.352 e. The first-order chi connectivity index (χ1) is 11.4. The Kier molecular flexibility index (Phi) is 6.67. The third-order valence-electron chi connectivity index (χ3n) is 4.72. The lowest BCUT2D eigenvalue weighted by molar-refractivity contribution is -0.124. The summed E-state index contributed by atoms with van der Waals surface area (Å²) in [6.45, 7) is 6.11. The minimum Gasteiger partial charge on any atom is -0.352 e. The molecule has 0 heterocycles. The fourth-order valence-corrected chi connectivity index (χ4v) is 3.32. The van der Waals surface area contributed by atoms with Crippen LogP contribution < -0.4 is 10.6 Å². The molecule has 2 N–H and O–H groups in total. The predicted molar refractivity (Wildman–Crippen MR) is 97.1 cm³/mol. The molecule has 1 saturated carbocycles. The average molecular weight is 351 g/mol. The van der Waals surface area contributed by atoms with E-state index in [0.29, 0.717) is 10.6 Å². The molecule has 1 aliphatic carbocycles. The van der Waals surface area contributed by atoms with Gasteiger partial charge in [-0.15, -0.1) is 0 Å². The van der Waals surface area contributed by atoms with Crippen LogP contribution in [0.2, 0.25) is 5.02 Å². The number of hydrogen-bond acceptors (Lipinski definition) is 2. The number of halogens is 1. The normalized spacial score (nSPS) is 22.0. The monoisotopic (exact) mass is 350 g/mol. The van der Waals surface area contributed by atoms with Crippen molar-refractivity contribution < 1.29 is 9.59 Å². The van der Waals surface area contributed by atoms with E-state index in [9.17, 15) is 9.59 Å². The van der Waals surface area contributed by atoms with Crippen LogP contribution in [0.25, 0.3) is 0 Å². The zero-order valence-corrected chi connectivity index (χ0v) is 15.4. The molecule has 4 nitrogen and oxygen atoms in total. The van der Waals surface area contributed by atoms with Crippen LogP contribution in [-0.2, 0) is 4.79 Å². The molecule has 1 fully saturated rings. The Morgan fingerprint density at radius 2 is 1.75 bits per heavy atom. The molecule has 0 bridgehead atoms. The van der Waals surface area contributed by atoms with E-state index in [2.05, 4.69) is 17.6 Å². The van der Waals surface area contributed by atoms with Gasteiger partial charge in [-0.3, -0.25) is 9.59 Å². The van der Waals surface area contributed by atoms with Gasteiger partial charge in [0, 0.05) is 6.04 Å². The van der Waals surface area contributed by atoms with Crippen molar-refractivity contribution in [3.8, 4) is 0 Å². The van der Waals surface area contributed by atoms with Crippen molar-refractivity contribution in [3.63, 3.8) is 0 Å². The highest BCUT2D eigenvalue weighted by molar-refractivity contribution is 6.33. The second-order valence-corrected chi connectivity index (χ2v) is 7.55. The van der Waals surface area contributed by atoms with Crippen LogP contribution in [0.5, 0.6) is 0 Å². The Hall–Kier alpha value is -1.55. The minimum absolute atomic E-state index is 0.000970. The van der Waals surface area contributed by atoms with Crippen LogP contribution in [0.3, 0.4) is 0 Å². The molecule has 1 atom stereocenters. The summed E-state index contributed by atoms with van der Waals surface area (Å²) in [6.07, 6.45) is 4.30. The lowest BCUT2D eigenvalue weighted by Crippen LogP contribution is -2.52. The van der Waals surface area contributed by atoms with Gasteiger partial charge in [-0.05, 0) is 49.7 Å². The van der Waals surface area contributed by atoms with Gasteiger partial charge >= 0.3 is 0 Å². The van der Waals surface area contributed by atoms with E-state index in [1.165, 1.54) is 0 Å². The van der Waals surface area contributed by atoms with Gasteiger partial charge in [-0.25, -0.2) is 0 Å². The Labute approximate surface area is 149 Å². The first kappa shape index (κ1) is 18.8. The van der Waals surface area contributed by atoms with Gasteiger partial charge in [0.2, 0.25) is 5.91 Å². The lowest BCUT2D eigenvalue weighted by Gasteiger charge is -2.29. The van der Waals surface area contributed by atoms with E-state index in [4.69, 9.17) is 11.6 Å². The van der Waals surface area contributed by atoms with E-state index in [1.807, 2.05) is 13.8 Å². The molecule has 2 amide bonds. The molecular formula is C19H27ClN2O2. The number of carbonyl (C=O) groups excluding carboxylic acids is 2. The SMILES string of the molecule is CC1CCC(NC(=O)[C@@H](NC(=O)c2ccccc2Cl)C(C)C)CC1. The molecule has 0 unspecified atom stereocenters. The maximum atomic E-state index is 12.6. The van der Waals surface area contributed by atoms with Gasteiger partial charge < -0.3 is 10.6 Å². The highest BCUT2D eigenvalue weighted by Crippen LogP contribution is 2.23. The summed E-state index contributed by atoms with van der Waals surface area (Å²) in [6, 6.07) is 6.52. The summed E-state index contributed by atoms with van der Waals surface area (Å²) < 4.78 is 0. The molecule has 132 valence electrons. The second-order valence-electron chi connectivity index (χ2n) is 7.14. The molecule has 0 saturated heterocycles. The molecule has 0 spiro atoms. The van der Waals surface area contributed by atoms with Crippen molar-refractivity contribution >= 4 is 23.4 Å². The Balaban J connectivity index is 1.99. The molecule has 2 rings (SSSR count). The van der Waals surface area contributed by atoms with E-state index in [0.717, 1.165) is 31.6 Å². The molecular weight excluding hydrogens is 324 g/mol. The van der Waals surface area contributed by atoms with Gasteiger partial charge in [-0.2, -0.15) is 0 Å². The van der Waals surface area contributed by atoms with E-state index in [1.54, 1.807) is 24.3 Å². The highest BCUT2D eigenvalue weighted by Gasteiger charge is 2.28. The third kappa shape index (κ3) is 4.97. The number of hydrogen-bond donors (Lipinski definition) is 2. The molecule has 0 radical (unpaired) electrons. The third-order valence-corrected chi connectivity index (χ3v) is 5.05. The maximum Gasteiger partial charge on any atom is 0.253 e. The van der Waals surface area contributed by atoms with Gasteiger partial charge in [0.25, 0.3) is 5.91 Å². The smallest absolute Gasteiger partial charge is 0.253 e. The lowest BCUT2D eigenvalue weighted by atomic mass is 9.87. The van der Waals surface area contributed by atoms with Gasteiger partial charge in [0.15, 0.2) is 0 Å².